The zero-order valence-electron chi connectivity index (χ0n) is 17.4. The van der Waals surface area contributed by atoms with Gasteiger partial charge in [-0.05, 0) is 48.6 Å². The van der Waals surface area contributed by atoms with Gasteiger partial charge in [-0.25, -0.2) is 0 Å². The molecule has 0 aliphatic rings. The topological polar surface area (TPSA) is 75.3 Å². The van der Waals surface area contributed by atoms with Crippen molar-refractivity contribution in [1.29, 1.82) is 0 Å². The third kappa shape index (κ3) is 4.78. The molecule has 0 aliphatic heterocycles. The maximum absolute atomic E-state index is 11.0. The summed E-state index contributed by atoms with van der Waals surface area (Å²) in [7, 11) is 0. The van der Waals surface area contributed by atoms with E-state index in [-0.39, 0.29) is 0 Å². The van der Waals surface area contributed by atoms with Gasteiger partial charge in [-0.2, -0.15) is 0 Å². The lowest BCUT2D eigenvalue weighted by atomic mass is 9.75. The molecular formula is C26H30N2O2. The number of aliphatic carboxylic acids is 1. The molecule has 0 amide bonds. The van der Waals surface area contributed by atoms with Crippen LogP contribution in [-0.2, 0) is 10.3 Å². The molecule has 0 spiro atoms. The van der Waals surface area contributed by atoms with Gasteiger partial charge in [-0.1, -0.05) is 91.3 Å². The maximum Gasteiger partial charge on any atom is 0.320 e. The van der Waals surface area contributed by atoms with Crippen molar-refractivity contribution in [3.05, 3.63) is 107 Å². The lowest BCUT2D eigenvalue weighted by Crippen LogP contribution is -2.45. The number of hydrogen-bond donors (Lipinski definition) is 3. The number of nitrogens with two attached hydrogens (primary N) is 1. The quantitative estimate of drug-likeness (QED) is 0.346. The summed E-state index contributed by atoms with van der Waals surface area (Å²) in [6, 6.07) is 28.6. The molecule has 0 bridgehead atoms. The van der Waals surface area contributed by atoms with Gasteiger partial charge in [0.15, 0.2) is 0 Å². The van der Waals surface area contributed by atoms with E-state index in [1.54, 1.807) is 0 Å². The molecule has 0 aromatic heterocycles. The van der Waals surface area contributed by atoms with Crippen molar-refractivity contribution in [3.8, 4) is 0 Å². The Balaban J connectivity index is 1.97. The van der Waals surface area contributed by atoms with E-state index >= 15 is 0 Å². The molecule has 3 rings (SSSR count). The molecule has 0 saturated carbocycles. The fraction of sp³-hybridized carbons (Fsp3) is 0.269. The first-order chi connectivity index (χ1) is 14.6. The predicted octanol–water partition coefficient (Wildman–Crippen LogP) is 4.46. The lowest BCUT2D eigenvalue weighted by molar-refractivity contribution is -0.138. The van der Waals surface area contributed by atoms with Crippen molar-refractivity contribution >= 4 is 5.97 Å². The first-order valence-corrected chi connectivity index (χ1v) is 10.5. The minimum atomic E-state index is -0.939. The van der Waals surface area contributed by atoms with Crippen molar-refractivity contribution in [2.45, 2.75) is 37.8 Å². The maximum atomic E-state index is 11.0. The molecule has 0 radical (unpaired) electrons. The van der Waals surface area contributed by atoms with Gasteiger partial charge in [0, 0.05) is 0 Å². The number of hydrogen-bond acceptors (Lipinski definition) is 3. The summed E-state index contributed by atoms with van der Waals surface area (Å²) in [5, 5.41) is 12.8. The average molecular weight is 403 g/mol. The first-order valence-electron chi connectivity index (χ1n) is 10.5. The molecular weight excluding hydrogens is 372 g/mol. The SMILES string of the molecule is Cc1ccccc1C(NCCCC[C@H](N)C(=O)O)(c1ccccc1)c1ccccc1. The average Bonchev–Trinajstić information content (AvgIpc) is 2.78. The molecule has 4 nitrogen and oxygen atoms in total. The third-order valence-corrected chi connectivity index (χ3v) is 5.61. The third-order valence-electron chi connectivity index (χ3n) is 5.61. The van der Waals surface area contributed by atoms with E-state index < -0.39 is 17.6 Å². The second-order valence-electron chi connectivity index (χ2n) is 7.66. The zero-order chi connectivity index (χ0) is 21.4. The summed E-state index contributed by atoms with van der Waals surface area (Å²) in [5.74, 6) is -0.939. The van der Waals surface area contributed by atoms with Gasteiger partial charge >= 0.3 is 5.97 Å². The van der Waals surface area contributed by atoms with Gasteiger partial charge in [0.1, 0.15) is 6.04 Å². The molecule has 0 fully saturated rings. The van der Waals surface area contributed by atoms with Crippen LogP contribution in [0.4, 0.5) is 0 Å². The van der Waals surface area contributed by atoms with Crippen LogP contribution in [0.25, 0.3) is 0 Å². The van der Waals surface area contributed by atoms with E-state index in [2.05, 4.69) is 85.0 Å². The fourth-order valence-electron chi connectivity index (χ4n) is 4.04. The molecule has 30 heavy (non-hydrogen) atoms. The van der Waals surface area contributed by atoms with Gasteiger partial charge < -0.3 is 10.8 Å². The van der Waals surface area contributed by atoms with Crippen molar-refractivity contribution in [2.24, 2.45) is 5.73 Å². The number of aryl methyl sites for hydroxylation is 1. The Morgan fingerprint density at radius 1 is 0.900 bits per heavy atom. The van der Waals surface area contributed by atoms with Crippen LogP contribution >= 0.6 is 0 Å². The van der Waals surface area contributed by atoms with Crippen molar-refractivity contribution < 1.29 is 9.90 Å². The second-order valence-corrected chi connectivity index (χ2v) is 7.66. The molecule has 0 unspecified atom stereocenters. The van der Waals surface area contributed by atoms with E-state index in [0.29, 0.717) is 6.42 Å². The normalized spacial score (nSPS) is 12.5. The molecule has 3 aromatic carbocycles. The van der Waals surface area contributed by atoms with Crippen molar-refractivity contribution in [1.82, 2.24) is 5.32 Å². The summed E-state index contributed by atoms with van der Waals surface area (Å²) in [4.78, 5) is 11.0. The highest BCUT2D eigenvalue weighted by atomic mass is 16.4. The molecule has 156 valence electrons. The Bertz CT molecular complexity index is 902. The number of carboxylic acid groups (broad SMARTS) is 1. The highest BCUT2D eigenvalue weighted by molar-refractivity contribution is 5.72. The van der Waals surface area contributed by atoms with Crippen LogP contribution in [-0.4, -0.2) is 23.7 Å². The van der Waals surface area contributed by atoms with Crippen LogP contribution in [0.5, 0.6) is 0 Å². The molecule has 4 heteroatoms. The smallest absolute Gasteiger partial charge is 0.320 e. The minimum absolute atomic E-state index is 0.477. The summed E-state index contributed by atoms with van der Waals surface area (Å²) in [6.45, 7) is 2.88. The summed E-state index contributed by atoms with van der Waals surface area (Å²) < 4.78 is 0. The Morgan fingerprint density at radius 2 is 1.43 bits per heavy atom. The molecule has 4 N–H and O–H groups in total. The molecule has 3 aromatic rings. The van der Waals surface area contributed by atoms with Crippen molar-refractivity contribution in [3.63, 3.8) is 0 Å². The number of nitrogens with one attached hydrogen (secondary N) is 1. The molecule has 1 atom stereocenters. The van der Waals surface area contributed by atoms with Gasteiger partial charge in [-0.3, -0.25) is 10.1 Å². The monoisotopic (exact) mass is 402 g/mol. The van der Waals surface area contributed by atoms with Gasteiger partial charge in [0.05, 0.1) is 5.54 Å². The van der Waals surface area contributed by atoms with Gasteiger partial charge in [0.25, 0.3) is 0 Å². The summed E-state index contributed by atoms with van der Waals surface area (Å²) in [6.07, 6.45) is 2.08. The Morgan fingerprint density at radius 3 is 1.97 bits per heavy atom. The number of rotatable bonds is 10. The van der Waals surface area contributed by atoms with Crippen LogP contribution < -0.4 is 11.1 Å². The predicted molar refractivity (Wildman–Crippen MR) is 121 cm³/mol. The Kier molecular flexibility index (Phi) is 7.39. The number of benzene rings is 3. The van der Waals surface area contributed by atoms with Crippen molar-refractivity contribution in [2.75, 3.05) is 6.54 Å². The highest BCUT2D eigenvalue weighted by Crippen LogP contribution is 2.38. The molecule has 0 saturated heterocycles. The largest absolute Gasteiger partial charge is 0.480 e. The second kappa shape index (κ2) is 10.2. The highest BCUT2D eigenvalue weighted by Gasteiger charge is 2.36. The summed E-state index contributed by atoms with van der Waals surface area (Å²) >= 11 is 0. The van der Waals surface area contributed by atoms with Crippen LogP contribution in [0, 0.1) is 6.92 Å². The lowest BCUT2D eigenvalue weighted by Gasteiger charge is -2.38. The number of unbranched alkanes of at least 4 members (excludes halogenated alkanes) is 1. The van der Waals surface area contributed by atoms with E-state index in [0.717, 1.165) is 19.4 Å². The van der Waals surface area contributed by atoms with Gasteiger partial charge in [0.2, 0.25) is 0 Å². The molecule has 0 heterocycles. The van der Waals surface area contributed by atoms with Crippen LogP contribution in [0.1, 0.15) is 41.5 Å². The van der Waals surface area contributed by atoms with E-state index in [1.807, 2.05) is 12.1 Å². The Labute approximate surface area is 178 Å². The van der Waals surface area contributed by atoms with Crippen LogP contribution in [0.3, 0.4) is 0 Å². The fourth-order valence-corrected chi connectivity index (χ4v) is 4.04. The first kappa shape index (κ1) is 21.8. The number of carbonyl (C=O) groups is 1. The Hall–Kier alpha value is -2.95. The summed E-state index contributed by atoms with van der Waals surface area (Å²) in [5.41, 5.74) is 9.93. The minimum Gasteiger partial charge on any atom is -0.480 e. The van der Waals surface area contributed by atoms with E-state index in [4.69, 9.17) is 10.8 Å². The van der Waals surface area contributed by atoms with Crippen LogP contribution in [0.15, 0.2) is 84.9 Å². The zero-order valence-corrected chi connectivity index (χ0v) is 17.4. The van der Waals surface area contributed by atoms with Crippen LogP contribution in [0.2, 0.25) is 0 Å². The number of carboxylic acids is 1. The van der Waals surface area contributed by atoms with E-state index in [9.17, 15) is 4.79 Å². The molecule has 0 aliphatic carbocycles. The van der Waals surface area contributed by atoms with E-state index in [1.165, 1.54) is 22.3 Å². The standard InChI is InChI=1S/C26H30N2O2/c1-20-12-8-9-17-23(20)26(21-13-4-2-5-14-21,22-15-6-3-7-16-22)28-19-11-10-18-24(27)25(29)30/h2-9,12-17,24,28H,10-11,18-19,27H2,1H3,(H,29,30)/t24-/m0/s1. The van der Waals surface area contributed by atoms with Gasteiger partial charge in [-0.15, -0.1) is 0 Å².